The Balaban J connectivity index is 2.11. The quantitative estimate of drug-likeness (QED) is 0.909. The van der Waals surface area contributed by atoms with Gasteiger partial charge in [-0.15, -0.1) is 0 Å². The fraction of sp³-hybridized carbons (Fsp3) is 0.600. The second-order valence-electron chi connectivity index (χ2n) is 5.33. The Morgan fingerprint density at radius 3 is 2.80 bits per heavy atom. The van der Waals surface area contributed by atoms with Crippen LogP contribution in [-0.2, 0) is 21.2 Å². The van der Waals surface area contributed by atoms with E-state index in [0.717, 1.165) is 42.5 Å². The molecule has 1 N–H and O–H groups in total. The van der Waals surface area contributed by atoms with Gasteiger partial charge in [-0.25, -0.2) is 8.42 Å². The zero-order valence-corrected chi connectivity index (χ0v) is 13.0. The number of anilines is 1. The second-order valence-corrected chi connectivity index (χ2v) is 7.10. The van der Waals surface area contributed by atoms with Crippen molar-refractivity contribution in [3.8, 4) is 0 Å². The molecule has 0 aliphatic carbocycles. The Morgan fingerprint density at radius 1 is 1.35 bits per heavy atom. The van der Waals surface area contributed by atoms with Crippen LogP contribution in [0.2, 0.25) is 0 Å². The van der Waals surface area contributed by atoms with Crippen molar-refractivity contribution in [2.24, 2.45) is 0 Å². The van der Waals surface area contributed by atoms with Crippen LogP contribution in [0.25, 0.3) is 0 Å². The molecule has 1 aromatic carbocycles. The van der Waals surface area contributed by atoms with E-state index in [1.165, 1.54) is 0 Å². The van der Waals surface area contributed by atoms with Crippen molar-refractivity contribution in [3.63, 3.8) is 0 Å². The van der Waals surface area contributed by atoms with Crippen LogP contribution in [0.4, 0.5) is 5.69 Å². The third kappa shape index (κ3) is 3.96. The van der Waals surface area contributed by atoms with Crippen LogP contribution >= 0.6 is 0 Å². The van der Waals surface area contributed by atoms with Gasteiger partial charge in [-0.05, 0) is 43.7 Å². The van der Waals surface area contributed by atoms with Gasteiger partial charge < -0.3 is 4.74 Å². The van der Waals surface area contributed by atoms with Crippen LogP contribution < -0.4 is 4.72 Å². The minimum absolute atomic E-state index is 0.0461. The van der Waals surface area contributed by atoms with E-state index >= 15 is 0 Å². The predicted octanol–water partition coefficient (Wildman–Crippen LogP) is 2.87. The number of sulfonamides is 1. The summed E-state index contributed by atoms with van der Waals surface area (Å²) in [4.78, 5) is 0. The van der Waals surface area contributed by atoms with Crippen LogP contribution in [0.1, 0.15) is 37.3 Å². The van der Waals surface area contributed by atoms with Gasteiger partial charge in [0.2, 0.25) is 10.0 Å². The van der Waals surface area contributed by atoms with E-state index in [0.29, 0.717) is 6.61 Å². The Kier molecular flexibility index (Phi) is 5.05. The molecule has 0 radical (unpaired) electrons. The number of nitrogens with one attached hydrogen (secondary N) is 1. The smallest absolute Gasteiger partial charge is 0.235 e. The summed E-state index contributed by atoms with van der Waals surface area (Å²) in [6.45, 7) is 4.62. The van der Waals surface area contributed by atoms with Gasteiger partial charge in [-0.3, -0.25) is 4.72 Å². The zero-order valence-electron chi connectivity index (χ0n) is 12.2. The minimum atomic E-state index is -3.36. The van der Waals surface area contributed by atoms with Gasteiger partial charge in [0.15, 0.2) is 0 Å². The third-order valence-electron chi connectivity index (χ3n) is 3.68. The highest BCUT2D eigenvalue weighted by molar-refractivity contribution is 7.92. The fourth-order valence-corrected chi connectivity index (χ4v) is 3.99. The summed E-state index contributed by atoms with van der Waals surface area (Å²) in [5, 5.41) is 0. The molecule has 4 nitrogen and oxygen atoms in total. The SMILES string of the molecule is CCc1cccc(C)c1NS(=O)(=O)CC1CCCCO1. The van der Waals surface area contributed by atoms with Crippen molar-refractivity contribution in [1.29, 1.82) is 0 Å². The van der Waals surface area contributed by atoms with Crippen molar-refractivity contribution < 1.29 is 13.2 Å². The van der Waals surface area contributed by atoms with Crippen LogP contribution in [0.5, 0.6) is 0 Å². The lowest BCUT2D eigenvalue weighted by molar-refractivity contribution is 0.0306. The monoisotopic (exact) mass is 297 g/mol. The van der Waals surface area contributed by atoms with Gasteiger partial charge in [-0.1, -0.05) is 25.1 Å². The molecule has 1 aliphatic heterocycles. The molecule has 0 aromatic heterocycles. The summed E-state index contributed by atoms with van der Waals surface area (Å²) in [6, 6.07) is 5.84. The molecule has 1 aliphatic rings. The fourth-order valence-electron chi connectivity index (χ4n) is 2.55. The Morgan fingerprint density at radius 2 is 2.15 bits per heavy atom. The summed E-state index contributed by atoms with van der Waals surface area (Å²) >= 11 is 0. The maximum atomic E-state index is 12.3. The van der Waals surface area contributed by atoms with Crippen molar-refractivity contribution in [3.05, 3.63) is 29.3 Å². The molecular weight excluding hydrogens is 274 g/mol. The highest BCUT2D eigenvalue weighted by Gasteiger charge is 2.23. The predicted molar refractivity (Wildman–Crippen MR) is 81.6 cm³/mol. The average Bonchev–Trinajstić information content (AvgIpc) is 2.41. The van der Waals surface area contributed by atoms with E-state index in [-0.39, 0.29) is 11.9 Å². The third-order valence-corrected chi connectivity index (χ3v) is 5.00. The van der Waals surface area contributed by atoms with Gasteiger partial charge in [0, 0.05) is 6.61 Å². The van der Waals surface area contributed by atoms with Gasteiger partial charge in [-0.2, -0.15) is 0 Å². The molecule has 0 spiro atoms. The van der Waals surface area contributed by atoms with Gasteiger partial charge in [0.05, 0.1) is 17.5 Å². The number of hydrogen-bond donors (Lipinski definition) is 1. The van der Waals surface area contributed by atoms with Gasteiger partial charge >= 0.3 is 0 Å². The lowest BCUT2D eigenvalue weighted by Gasteiger charge is -2.23. The molecule has 2 rings (SSSR count). The van der Waals surface area contributed by atoms with E-state index < -0.39 is 10.0 Å². The van der Waals surface area contributed by atoms with Gasteiger partial charge in [0.25, 0.3) is 0 Å². The summed E-state index contributed by atoms with van der Waals surface area (Å²) in [7, 11) is -3.36. The maximum Gasteiger partial charge on any atom is 0.235 e. The molecule has 20 heavy (non-hydrogen) atoms. The minimum Gasteiger partial charge on any atom is -0.377 e. The van der Waals surface area contributed by atoms with Crippen molar-refractivity contribution in [1.82, 2.24) is 0 Å². The Bertz CT molecular complexity index is 548. The standard InChI is InChI=1S/C15H23NO3S/c1-3-13-8-6-7-12(2)15(13)16-20(17,18)11-14-9-4-5-10-19-14/h6-8,14,16H,3-5,9-11H2,1-2H3. The number of rotatable bonds is 5. The molecule has 1 unspecified atom stereocenters. The number of ether oxygens (including phenoxy) is 1. The first-order chi connectivity index (χ1) is 9.52. The molecule has 1 atom stereocenters. The van der Waals surface area contributed by atoms with E-state index in [1.807, 2.05) is 32.0 Å². The average molecular weight is 297 g/mol. The first-order valence-electron chi connectivity index (χ1n) is 7.22. The number of benzene rings is 1. The summed E-state index contributed by atoms with van der Waals surface area (Å²) < 4.78 is 32.9. The van der Waals surface area contributed by atoms with Crippen molar-refractivity contribution in [2.45, 2.75) is 45.6 Å². The molecule has 112 valence electrons. The summed E-state index contributed by atoms with van der Waals surface area (Å²) in [5.74, 6) is 0.0461. The molecule has 0 saturated carbocycles. The largest absolute Gasteiger partial charge is 0.377 e. The molecule has 0 amide bonds. The molecular formula is C15H23NO3S. The Hall–Kier alpha value is -1.07. The Labute approximate surface area is 121 Å². The van der Waals surface area contributed by atoms with E-state index in [9.17, 15) is 8.42 Å². The van der Waals surface area contributed by atoms with Gasteiger partial charge in [0.1, 0.15) is 0 Å². The van der Waals surface area contributed by atoms with Crippen molar-refractivity contribution in [2.75, 3.05) is 17.1 Å². The first kappa shape index (κ1) is 15.3. The molecule has 5 heteroatoms. The molecule has 1 saturated heterocycles. The van der Waals surface area contributed by atoms with E-state index in [2.05, 4.69) is 4.72 Å². The van der Waals surface area contributed by atoms with Crippen LogP contribution in [0.15, 0.2) is 18.2 Å². The first-order valence-corrected chi connectivity index (χ1v) is 8.87. The molecule has 1 heterocycles. The lowest BCUT2D eigenvalue weighted by Crippen LogP contribution is -2.31. The lowest BCUT2D eigenvalue weighted by atomic mass is 10.1. The normalized spacial score (nSPS) is 19.8. The van der Waals surface area contributed by atoms with Crippen LogP contribution in [0.3, 0.4) is 0 Å². The number of hydrogen-bond acceptors (Lipinski definition) is 3. The van der Waals surface area contributed by atoms with E-state index in [4.69, 9.17) is 4.74 Å². The highest BCUT2D eigenvalue weighted by atomic mass is 32.2. The topological polar surface area (TPSA) is 55.4 Å². The van der Waals surface area contributed by atoms with E-state index in [1.54, 1.807) is 0 Å². The summed E-state index contributed by atoms with van der Waals surface area (Å²) in [6.07, 6.45) is 3.54. The zero-order chi connectivity index (χ0) is 14.6. The van der Waals surface area contributed by atoms with Crippen LogP contribution in [-0.4, -0.2) is 26.9 Å². The van der Waals surface area contributed by atoms with Crippen molar-refractivity contribution >= 4 is 15.7 Å². The number of aryl methyl sites for hydroxylation is 2. The van der Waals surface area contributed by atoms with Crippen LogP contribution in [0, 0.1) is 6.92 Å². The summed E-state index contributed by atoms with van der Waals surface area (Å²) in [5.41, 5.74) is 2.71. The second kappa shape index (κ2) is 6.59. The maximum absolute atomic E-state index is 12.3. The highest BCUT2D eigenvalue weighted by Crippen LogP contribution is 2.23. The molecule has 0 bridgehead atoms. The molecule has 1 fully saturated rings. The molecule has 1 aromatic rings. The number of para-hydroxylation sites is 1.